The lowest BCUT2D eigenvalue weighted by Gasteiger charge is -2.05. The summed E-state index contributed by atoms with van der Waals surface area (Å²) in [6, 6.07) is 0. The molecule has 0 aromatic heterocycles. The largest absolute Gasteiger partial charge is 0.316 e. The normalized spacial score (nSPS) is 10.3. The van der Waals surface area contributed by atoms with Crippen LogP contribution in [0.4, 0.5) is 0 Å². The van der Waals surface area contributed by atoms with Crippen molar-refractivity contribution in [2.45, 2.75) is 20.8 Å². The van der Waals surface area contributed by atoms with Crippen molar-refractivity contribution in [3.05, 3.63) is 12.2 Å². The Kier molecular flexibility index (Phi) is 8.47. The summed E-state index contributed by atoms with van der Waals surface area (Å²) in [5.74, 6) is 6.11. The van der Waals surface area contributed by atoms with Crippen LogP contribution in [-0.2, 0) is 0 Å². The van der Waals surface area contributed by atoms with Crippen LogP contribution < -0.4 is 5.32 Å². The van der Waals surface area contributed by atoms with Crippen LogP contribution >= 0.6 is 12.4 Å². The predicted octanol–water partition coefficient (Wildman–Crippen LogP) is 2.23. The summed E-state index contributed by atoms with van der Waals surface area (Å²) in [4.78, 5) is 0. The Labute approximate surface area is 82.0 Å². The maximum atomic E-state index is 3.12. The smallest absolute Gasteiger partial charge is 0.0233 e. The van der Waals surface area contributed by atoms with E-state index in [1.165, 1.54) is 0 Å². The number of halogens is 1. The van der Waals surface area contributed by atoms with Crippen LogP contribution in [-0.4, -0.2) is 13.6 Å². The third-order valence-corrected chi connectivity index (χ3v) is 0.970. The second-order valence-corrected chi connectivity index (χ2v) is 3.48. The van der Waals surface area contributed by atoms with E-state index in [0.29, 0.717) is 0 Å². The summed E-state index contributed by atoms with van der Waals surface area (Å²) in [7, 11) is 1.92. The fraction of sp³-hybridized carbons (Fsp3) is 0.600. The molecule has 0 spiro atoms. The van der Waals surface area contributed by atoms with E-state index in [1.807, 2.05) is 19.2 Å². The zero-order chi connectivity index (χ0) is 8.74. The number of hydrogen-bond donors (Lipinski definition) is 1. The predicted molar refractivity (Wildman–Crippen MR) is 57.5 cm³/mol. The van der Waals surface area contributed by atoms with Gasteiger partial charge in [-0.25, -0.2) is 0 Å². The third-order valence-electron chi connectivity index (χ3n) is 0.970. The quantitative estimate of drug-likeness (QED) is 0.654. The maximum absolute atomic E-state index is 3.12. The number of rotatable bonds is 2. The molecule has 0 aromatic rings. The Balaban J connectivity index is 0. The van der Waals surface area contributed by atoms with Gasteiger partial charge in [0.15, 0.2) is 0 Å². The molecule has 70 valence electrons. The molecule has 0 fully saturated rings. The molecule has 0 atom stereocenters. The molecule has 1 N–H and O–H groups in total. The number of hydrogen-bond acceptors (Lipinski definition) is 1. The topological polar surface area (TPSA) is 12.0 Å². The van der Waals surface area contributed by atoms with Gasteiger partial charge < -0.3 is 5.32 Å². The van der Waals surface area contributed by atoms with Crippen molar-refractivity contribution in [2.75, 3.05) is 13.6 Å². The van der Waals surface area contributed by atoms with Gasteiger partial charge in [0, 0.05) is 12.0 Å². The van der Waals surface area contributed by atoms with E-state index in [9.17, 15) is 0 Å². The first-order valence-electron chi connectivity index (χ1n) is 3.88. The van der Waals surface area contributed by atoms with Crippen molar-refractivity contribution in [3.63, 3.8) is 0 Å². The minimum atomic E-state index is 0. The average molecular weight is 188 g/mol. The summed E-state index contributed by atoms with van der Waals surface area (Å²) in [5, 5.41) is 3.01. The van der Waals surface area contributed by atoms with Gasteiger partial charge in [0.05, 0.1) is 0 Å². The van der Waals surface area contributed by atoms with E-state index in [2.05, 4.69) is 37.9 Å². The molecule has 0 aliphatic rings. The van der Waals surface area contributed by atoms with Crippen molar-refractivity contribution < 1.29 is 0 Å². The highest BCUT2D eigenvalue weighted by molar-refractivity contribution is 5.85. The minimum Gasteiger partial charge on any atom is -0.316 e. The Morgan fingerprint density at radius 3 is 2.33 bits per heavy atom. The lowest BCUT2D eigenvalue weighted by Crippen LogP contribution is -2.03. The molecule has 0 aliphatic heterocycles. The van der Waals surface area contributed by atoms with Crippen LogP contribution in [0.5, 0.6) is 0 Å². The van der Waals surface area contributed by atoms with E-state index in [4.69, 9.17) is 0 Å². The summed E-state index contributed by atoms with van der Waals surface area (Å²) in [6.07, 6.45) is 3.90. The SMILES string of the molecule is CNCC=CC#CC(C)(C)C.Cl. The molecule has 0 heterocycles. The molecule has 0 aliphatic carbocycles. The number of allylic oxidation sites excluding steroid dienone is 1. The van der Waals surface area contributed by atoms with E-state index >= 15 is 0 Å². The first-order valence-corrected chi connectivity index (χ1v) is 3.88. The van der Waals surface area contributed by atoms with Gasteiger partial charge in [0.2, 0.25) is 0 Å². The van der Waals surface area contributed by atoms with Gasteiger partial charge >= 0.3 is 0 Å². The Morgan fingerprint density at radius 2 is 1.92 bits per heavy atom. The molecular formula is C10H18ClN. The van der Waals surface area contributed by atoms with Gasteiger partial charge in [0.1, 0.15) is 0 Å². The molecule has 0 rings (SSSR count). The van der Waals surface area contributed by atoms with Gasteiger partial charge in [-0.1, -0.05) is 17.9 Å². The van der Waals surface area contributed by atoms with Crippen molar-refractivity contribution in [3.8, 4) is 11.8 Å². The fourth-order valence-electron chi connectivity index (χ4n) is 0.494. The Bertz CT molecular complexity index is 178. The van der Waals surface area contributed by atoms with Crippen LogP contribution in [0.1, 0.15) is 20.8 Å². The molecule has 0 amide bonds. The first-order chi connectivity index (χ1) is 5.06. The van der Waals surface area contributed by atoms with Crippen molar-refractivity contribution in [1.82, 2.24) is 5.32 Å². The van der Waals surface area contributed by atoms with Crippen LogP contribution in [0.15, 0.2) is 12.2 Å². The van der Waals surface area contributed by atoms with Gasteiger partial charge in [-0.3, -0.25) is 0 Å². The maximum Gasteiger partial charge on any atom is 0.0233 e. The molecule has 0 bridgehead atoms. The zero-order valence-corrected chi connectivity index (χ0v) is 9.09. The van der Waals surface area contributed by atoms with E-state index in [0.717, 1.165) is 6.54 Å². The Hall–Kier alpha value is -0.450. The van der Waals surface area contributed by atoms with Gasteiger partial charge in [0.25, 0.3) is 0 Å². The second-order valence-electron chi connectivity index (χ2n) is 3.48. The lowest BCUT2D eigenvalue weighted by atomic mass is 9.98. The molecule has 1 nitrogen and oxygen atoms in total. The number of likely N-dealkylation sites (N-methyl/N-ethyl adjacent to an activating group) is 1. The van der Waals surface area contributed by atoms with E-state index < -0.39 is 0 Å². The molecule has 0 saturated heterocycles. The van der Waals surface area contributed by atoms with Crippen molar-refractivity contribution >= 4 is 12.4 Å². The van der Waals surface area contributed by atoms with Crippen LogP contribution in [0.25, 0.3) is 0 Å². The van der Waals surface area contributed by atoms with Gasteiger partial charge in [-0.15, -0.1) is 12.4 Å². The van der Waals surface area contributed by atoms with Crippen molar-refractivity contribution in [1.29, 1.82) is 0 Å². The number of nitrogens with one attached hydrogen (secondary N) is 1. The Morgan fingerprint density at radius 1 is 1.33 bits per heavy atom. The summed E-state index contributed by atoms with van der Waals surface area (Å²) < 4.78 is 0. The molecule has 0 aromatic carbocycles. The van der Waals surface area contributed by atoms with Crippen LogP contribution in [0.3, 0.4) is 0 Å². The summed E-state index contributed by atoms with van der Waals surface area (Å²) in [6.45, 7) is 7.20. The van der Waals surface area contributed by atoms with E-state index in [-0.39, 0.29) is 17.8 Å². The molecule has 2 heteroatoms. The molecule has 0 unspecified atom stereocenters. The highest BCUT2D eigenvalue weighted by Crippen LogP contribution is 2.09. The zero-order valence-electron chi connectivity index (χ0n) is 8.27. The van der Waals surface area contributed by atoms with Crippen LogP contribution in [0, 0.1) is 17.3 Å². The van der Waals surface area contributed by atoms with Crippen LogP contribution in [0.2, 0.25) is 0 Å². The highest BCUT2D eigenvalue weighted by Gasteiger charge is 2.01. The van der Waals surface area contributed by atoms with Gasteiger partial charge in [-0.05, 0) is 33.9 Å². The standard InChI is InChI=1S/C10H17N.ClH/c1-10(2,3)8-6-5-7-9-11-4;/h5,7,11H,9H2,1-4H3;1H. The van der Waals surface area contributed by atoms with Crippen molar-refractivity contribution in [2.24, 2.45) is 5.41 Å². The van der Waals surface area contributed by atoms with Gasteiger partial charge in [-0.2, -0.15) is 0 Å². The summed E-state index contributed by atoms with van der Waals surface area (Å²) >= 11 is 0. The molecule has 0 radical (unpaired) electrons. The summed E-state index contributed by atoms with van der Waals surface area (Å²) in [5.41, 5.74) is 0.115. The second kappa shape index (κ2) is 7.21. The van der Waals surface area contributed by atoms with E-state index in [1.54, 1.807) is 0 Å². The minimum absolute atomic E-state index is 0. The molecular weight excluding hydrogens is 170 g/mol. The lowest BCUT2D eigenvalue weighted by molar-refractivity contribution is 0.571. The highest BCUT2D eigenvalue weighted by atomic mass is 35.5. The first kappa shape index (κ1) is 14.1. The molecule has 0 saturated carbocycles. The third kappa shape index (κ3) is 12.2. The monoisotopic (exact) mass is 187 g/mol. The fourth-order valence-corrected chi connectivity index (χ4v) is 0.494. The average Bonchev–Trinajstić information content (AvgIpc) is 1.85. The molecule has 12 heavy (non-hydrogen) atoms.